The van der Waals surface area contributed by atoms with E-state index >= 15 is 0 Å². The van der Waals surface area contributed by atoms with E-state index in [0.717, 1.165) is 16.4 Å². The molecule has 6 nitrogen and oxygen atoms in total. The summed E-state index contributed by atoms with van der Waals surface area (Å²) in [5.41, 5.74) is 0.299. The lowest BCUT2D eigenvalue weighted by Crippen LogP contribution is -2.27. The second-order valence-corrected chi connectivity index (χ2v) is 6.36. The molecule has 0 amide bonds. The molecule has 1 N–H and O–H groups in total. The van der Waals surface area contributed by atoms with Crippen LogP contribution in [0.2, 0.25) is 0 Å². The zero-order chi connectivity index (χ0) is 15.6. The van der Waals surface area contributed by atoms with Gasteiger partial charge in [-0.2, -0.15) is 4.31 Å². The normalized spacial score (nSPS) is 11.8. The molecule has 0 saturated carbocycles. The molecule has 21 heavy (non-hydrogen) atoms. The van der Waals surface area contributed by atoms with Crippen molar-refractivity contribution in [2.24, 2.45) is 0 Å². The van der Waals surface area contributed by atoms with E-state index in [1.54, 1.807) is 6.07 Å². The lowest BCUT2D eigenvalue weighted by Gasteiger charge is -2.16. The number of carbonyl (C=O) groups is 1. The average molecular weight is 313 g/mol. The van der Waals surface area contributed by atoms with Gasteiger partial charge in [-0.05, 0) is 24.3 Å². The molecule has 0 spiro atoms. The molecule has 0 saturated heterocycles. The van der Waals surface area contributed by atoms with Crippen molar-refractivity contribution in [1.82, 2.24) is 4.31 Å². The Kier molecular flexibility index (Phi) is 4.10. The van der Waals surface area contributed by atoms with Crippen molar-refractivity contribution < 1.29 is 27.1 Å². The minimum Gasteiger partial charge on any atom is -0.478 e. The van der Waals surface area contributed by atoms with Crippen LogP contribution in [0.25, 0.3) is 0 Å². The van der Waals surface area contributed by atoms with Gasteiger partial charge in [-0.3, -0.25) is 0 Å². The van der Waals surface area contributed by atoms with Gasteiger partial charge in [0.1, 0.15) is 10.7 Å². The fourth-order valence-corrected chi connectivity index (χ4v) is 2.94. The number of carboxylic acid groups (broad SMARTS) is 1. The summed E-state index contributed by atoms with van der Waals surface area (Å²) in [7, 11) is -2.77. The molecule has 8 heteroatoms. The average Bonchev–Trinajstić information content (AvgIpc) is 2.90. The molecule has 0 unspecified atom stereocenters. The molecular formula is C13H12FNO5S. The number of halogens is 1. The maximum Gasteiger partial charge on any atom is 0.335 e. The van der Waals surface area contributed by atoms with Gasteiger partial charge in [0.25, 0.3) is 0 Å². The summed E-state index contributed by atoms with van der Waals surface area (Å²) in [4.78, 5) is 10.2. The number of benzene rings is 1. The molecule has 1 aromatic heterocycles. The van der Waals surface area contributed by atoms with Gasteiger partial charge in [-0.15, -0.1) is 0 Å². The number of hydrogen-bond donors (Lipinski definition) is 1. The van der Waals surface area contributed by atoms with Crippen molar-refractivity contribution in [1.29, 1.82) is 0 Å². The molecule has 0 fully saturated rings. The first-order chi connectivity index (χ1) is 9.82. The summed E-state index contributed by atoms with van der Waals surface area (Å²) in [5, 5.41) is 8.75. The van der Waals surface area contributed by atoms with Crippen LogP contribution in [0.3, 0.4) is 0 Å². The van der Waals surface area contributed by atoms with Crippen molar-refractivity contribution >= 4 is 16.0 Å². The Morgan fingerprint density at radius 2 is 2.10 bits per heavy atom. The predicted octanol–water partition coefficient (Wildman–Crippen LogP) is 1.94. The maximum absolute atomic E-state index is 13.9. The predicted molar refractivity (Wildman–Crippen MR) is 70.7 cm³/mol. The first-order valence-corrected chi connectivity index (χ1v) is 7.26. The van der Waals surface area contributed by atoms with Gasteiger partial charge in [0, 0.05) is 19.2 Å². The smallest absolute Gasteiger partial charge is 0.335 e. The molecule has 112 valence electrons. The Morgan fingerprint density at radius 3 is 2.62 bits per heavy atom. The zero-order valence-electron chi connectivity index (χ0n) is 11.0. The van der Waals surface area contributed by atoms with Crippen molar-refractivity contribution in [2.45, 2.75) is 11.4 Å². The lowest BCUT2D eigenvalue weighted by atomic mass is 10.2. The molecule has 0 aliphatic rings. The molecule has 1 aromatic carbocycles. The number of carboxylic acids is 1. The van der Waals surface area contributed by atoms with Crippen molar-refractivity contribution in [2.75, 3.05) is 7.05 Å². The number of aromatic carboxylic acids is 1. The first-order valence-electron chi connectivity index (χ1n) is 5.82. The van der Waals surface area contributed by atoms with Crippen LogP contribution in [-0.2, 0) is 16.6 Å². The van der Waals surface area contributed by atoms with Gasteiger partial charge in [-0.1, -0.05) is 0 Å². The highest BCUT2D eigenvalue weighted by atomic mass is 32.2. The fraction of sp³-hybridized carbons (Fsp3) is 0.154. The zero-order valence-corrected chi connectivity index (χ0v) is 11.8. The van der Waals surface area contributed by atoms with Gasteiger partial charge < -0.3 is 9.52 Å². The van der Waals surface area contributed by atoms with Crippen LogP contribution in [0.1, 0.15) is 15.9 Å². The number of furan rings is 1. The molecule has 0 aliphatic heterocycles. The molecule has 0 aliphatic carbocycles. The number of rotatable bonds is 5. The summed E-state index contributed by atoms with van der Waals surface area (Å²) < 4.78 is 44.2. The molecular weight excluding hydrogens is 301 g/mol. The topological polar surface area (TPSA) is 87.8 Å². The van der Waals surface area contributed by atoms with E-state index in [0.29, 0.717) is 11.6 Å². The van der Waals surface area contributed by atoms with Crippen LogP contribution in [0.15, 0.2) is 46.1 Å². The monoisotopic (exact) mass is 313 g/mol. The Balaban J connectivity index is 2.33. The summed E-state index contributed by atoms with van der Waals surface area (Å²) in [6.45, 7) is 0.0129. The summed E-state index contributed by atoms with van der Waals surface area (Å²) in [5.74, 6) is -2.43. The van der Waals surface area contributed by atoms with E-state index in [1.807, 2.05) is 0 Å². The van der Waals surface area contributed by atoms with E-state index in [9.17, 15) is 17.6 Å². The summed E-state index contributed by atoms with van der Waals surface area (Å²) >= 11 is 0. The lowest BCUT2D eigenvalue weighted by molar-refractivity contribution is 0.0696. The van der Waals surface area contributed by atoms with Crippen LogP contribution in [-0.4, -0.2) is 30.8 Å². The van der Waals surface area contributed by atoms with E-state index in [1.165, 1.54) is 19.6 Å². The van der Waals surface area contributed by atoms with Crippen LogP contribution < -0.4 is 0 Å². The molecule has 0 bridgehead atoms. The molecule has 2 rings (SSSR count). The van der Waals surface area contributed by atoms with Crippen molar-refractivity contribution in [3.8, 4) is 0 Å². The van der Waals surface area contributed by atoms with Crippen LogP contribution >= 0.6 is 0 Å². The highest BCUT2D eigenvalue weighted by molar-refractivity contribution is 7.89. The highest BCUT2D eigenvalue weighted by Crippen LogP contribution is 2.21. The summed E-state index contributed by atoms with van der Waals surface area (Å²) in [6.07, 6.45) is 2.79. The van der Waals surface area contributed by atoms with E-state index in [2.05, 4.69) is 0 Å². The second-order valence-electron chi connectivity index (χ2n) is 4.34. The molecule has 2 aromatic rings. The quantitative estimate of drug-likeness (QED) is 0.911. The fourth-order valence-electron chi connectivity index (χ4n) is 1.74. The van der Waals surface area contributed by atoms with Crippen molar-refractivity contribution in [3.05, 3.63) is 53.7 Å². The van der Waals surface area contributed by atoms with Gasteiger partial charge in [0.15, 0.2) is 0 Å². The van der Waals surface area contributed by atoms with E-state index in [4.69, 9.17) is 9.52 Å². The Morgan fingerprint density at radius 1 is 1.38 bits per heavy atom. The van der Waals surface area contributed by atoms with E-state index in [-0.39, 0.29) is 12.1 Å². The Hall–Kier alpha value is -2.19. The number of sulfonamides is 1. The number of hydrogen-bond acceptors (Lipinski definition) is 4. The minimum absolute atomic E-state index is 0.0129. The third-order valence-electron chi connectivity index (χ3n) is 2.85. The summed E-state index contributed by atoms with van der Waals surface area (Å²) in [6, 6.07) is 4.26. The largest absolute Gasteiger partial charge is 0.478 e. The van der Waals surface area contributed by atoms with Gasteiger partial charge in [0.2, 0.25) is 10.0 Å². The molecule has 0 radical (unpaired) electrons. The second kappa shape index (κ2) is 5.66. The Labute approximate surface area is 120 Å². The molecule has 0 atom stereocenters. The van der Waals surface area contributed by atoms with Crippen LogP contribution in [0.5, 0.6) is 0 Å². The van der Waals surface area contributed by atoms with E-state index < -0.39 is 26.7 Å². The van der Waals surface area contributed by atoms with Crippen LogP contribution in [0, 0.1) is 5.82 Å². The Bertz CT molecular complexity index is 755. The third-order valence-corrected chi connectivity index (χ3v) is 4.69. The van der Waals surface area contributed by atoms with Gasteiger partial charge in [0.05, 0.1) is 18.1 Å². The van der Waals surface area contributed by atoms with Crippen LogP contribution in [0.4, 0.5) is 4.39 Å². The third kappa shape index (κ3) is 3.11. The maximum atomic E-state index is 13.9. The highest BCUT2D eigenvalue weighted by Gasteiger charge is 2.25. The number of nitrogens with zero attached hydrogens (tertiary/aromatic N) is 1. The first kappa shape index (κ1) is 15.2. The SMILES string of the molecule is CN(Cc1ccoc1)S(=O)(=O)c1ccc(C(=O)O)cc1F. The van der Waals surface area contributed by atoms with Gasteiger partial charge >= 0.3 is 5.97 Å². The minimum atomic E-state index is -4.06. The van der Waals surface area contributed by atoms with Crippen molar-refractivity contribution in [3.63, 3.8) is 0 Å². The van der Waals surface area contributed by atoms with Gasteiger partial charge in [-0.25, -0.2) is 17.6 Å². The molecule has 1 heterocycles. The standard InChI is InChI=1S/C13H12FNO5S/c1-15(7-9-4-5-20-8-9)21(18,19)12-3-2-10(13(16)17)6-11(12)14/h2-6,8H,7H2,1H3,(H,16,17).